The van der Waals surface area contributed by atoms with Gasteiger partial charge in [-0.15, -0.1) is 0 Å². The van der Waals surface area contributed by atoms with E-state index >= 15 is 0 Å². The maximum atomic E-state index is 8.58. The fourth-order valence-electron chi connectivity index (χ4n) is 0.760. The van der Waals surface area contributed by atoms with Crippen LogP contribution in [-0.2, 0) is 4.79 Å². The Morgan fingerprint density at radius 3 is 1.67 bits per heavy atom. The van der Waals surface area contributed by atoms with Crippen molar-refractivity contribution < 1.29 is 4.79 Å². The van der Waals surface area contributed by atoms with Crippen LogP contribution >= 0.6 is 0 Å². The lowest BCUT2D eigenvalue weighted by molar-refractivity contribution is -0.106. The number of rotatable bonds is 0. The van der Waals surface area contributed by atoms with Crippen molar-refractivity contribution in [1.82, 2.24) is 0 Å². The van der Waals surface area contributed by atoms with Crippen molar-refractivity contribution in [2.24, 2.45) is 5.73 Å². The molecular weight excluding hydrogens is 114 g/mol. The summed E-state index contributed by atoms with van der Waals surface area (Å²) in [6, 6.07) is 0. The first-order valence-corrected chi connectivity index (χ1v) is 3.22. The first-order chi connectivity index (χ1) is 4.41. The van der Waals surface area contributed by atoms with Crippen LogP contribution in [0.2, 0.25) is 0 Å². The van der Waals surface area contributed by atoms with Crippen LogP contribution in [-0.4, -0.2) is 6.41 Å². The number of amides is 1. The molecule has 1 aliphatic rings. The second-order valence-corrected chi connectivity index (χ2v) is 1.89. The van der Waals surface area contributed by atoms with Gasteiger partial charge < -0.3 is 5.73 Å². The maximum absolute atomic E-state index is 8.58. The third-order valence-electron chi connectivity index (χ3n) is 1.16. The van der Waals surface area contributed by atoms with Crippen molar-refractivity contribution in [2.75, 3.05) is 0 Å². The van der Waals surface area contributed by atoms with Crippen LogP contribution in [0.3, 0.4) is 0 Å². The molecule has 0 aromatic carbocycles. The standard InChI is InChI=1S/C6H10.CH3NO/c1-2-4-6-5-3-1;2-1-3/h1-2H,3-6H2;1H,(H2,2,3). The van der Waals surface area contributed by atoms with Crippen LogP contribution in [0, 0.1) is 0 Å². The molecule has 0 saturated heterocycles. The van der Waals surface area contributed by atoms with Crippen molar-refractivity contribution in [3.8, 4) is 0 Å². The zero-order valence-corrected chi connectivity index (χ0v) is 5.55. The quantitative estimate of drug-likeness (QED) is 0.386. The molecule has 1 rings (SSSR count). The molecule has 52 valence electrons. The minimum Gasteiger partial charge on any atom is -0.372 e. The number of hydrogen-bond acceptors (Lipinski definition) is 1. The van der Waals surface area contributed by atoms with Gasteiger partial charge in [0.15, 0.2) is 0 Å². The van der Waals surface area contributed by atoms with Crippen LogP contribution < -0.4 is 5.73 Å². The van der Waals surface area contributed by atoms with E-state index in [4.69, 9.17) is 4.79 Å². The van der Waals surface area contributed by atoms with Gasteiger partial charge in [0.2, 0.25) is 6.41 Å². The number of carbonyl (C=O) groups is 1. The molecule has 0 aromatic heterocycles. The molecule has 2 heteroatoms. The van der Waals surface area contributed by atoms with Gasteiger partial charge in [-0.05, 0) is 25.7 Å². The molecular formula is C7H13NO. The van der Waals surface area contributed by atoms with Crippen LogP contribution in [0.1, 0.15) is 25.7 Å². The van der Waals surface area contributed by atoms with Gasteiger partial charge in [0, 0.05) is 0 Å². The molecule has 0 heterocycles. The molecule has 0 radical (unpaired) electrons. The predicted molar refractivity (Wildman–Crippen MR) is 37.9 cm³/mol. The van der Waals surface area contributed by atoms with E-state index in [0.29, 0.717) is 0 Å². The van der Waals surface area contributed by atoms with Gasteiger partial charge in [-0.1, -0.05) is 12.2 Å². The summed E-state index contributed by atoms with van der Waals surface area (Å²) in [6.07, 6.45) is 10.2. The summed E-state index contributed by atoms with van der Waals surface area (Å²) in [5, 5.41) is 0. The zero-order chi connectivity index (χ0) is 6.95. The summed E-state index contributed by atoms with van der Waals surface area (Å²) in [5.74, 6) is 0. The molecule has 0 unspecified atom stereocenters. The average Bonchev–Trinajstić information content (AvgIpc) is 1.93. The SMILES string of the molecule is C1=CCCCC1.NC=O. The molecule has 0 aliphatic heterocycles. The highest BCUT2D eigenvalue weighted by Crippen LogP contribution is 2.07. The first kappa shape index (κ1) is 8.21. The predicted octanol–water partition coefficient (Wildman–Crippen LogP) is 1.22. The van der Waals surface area contributed by atoms with Crippen molar-refractivity contribution >= 4 is 6.41 Å². The van der Waals surface area contributed by atoms with E-state index in [1.54, 1.807) is 0 Å². The summed E-state index contributed by atoms with van der Waals surface area (Å²) < 4.78 is 0. The van der Waals surface area contributed by atoms with Crippen LogP contribution in [0.4, 0.5) is 0 Å². The Balaban J connectivity index is 0.000000187. The molecule has 0 bridgehead atoms. The highest BCUT2D eigenvalue weighted by atomic mass is 16.1. The average molecular weight is 127 g/mol. The van der Waals surface area contributed by atoms with Crippen molar-refractivity contribution in [2.45, 2.75) is 25.7 Å². The monoisotopic (exact) mass is 127 g/mol. The summed E-state index contributed by atoms with van der Waals surface area (Å²) in [5.41, 5.74) is 4.17. The first-order valence-electron chi connectivity index (χ1n) is 3.22. The maximum Gasteiger partial charge on any atom is 0.204 e. The Morgan fingerprint density at radius 2 is 1.56 bits per heavy atom. The minimum absolute atomic E-state index is 0.250. The molecule has 0 spiro atoms. The zero-order valence-electron chi connectivity index (χ0n) is 5.55. The second kappa shape index (κ2) is 7.21. The van der Waals surface area contributed by atoms with E-state index in [1.165, 1.54) is 25.7 Å². The molecule has 1 amide bonds. The Labute approximate surface area is 55.7 Å². The molecule has 0 saturated carbocycles. The molecule has 2 nitrogen and oxygen atoms in total. The smallest absolute Gasteiger partial charge is 0.204 e. The number of carbonyl (C=O) groups excluding carboxylic acids is 1. The normalized spacial score (nSPS) is 15.6. The van der Waals surface area contributed by atoms with Gasteiger partial charge in [0.05, 0.1) is 0 Å². The molecule has 9 heavy (non-hydrogen) atoms. The third kappa shape index (κ3) is 7.21. The van der Waals surface area contributed by atoms with E-state index < -0.39 is 0 Å². The van der Waals surface area contributed by atoms with Crippen molar-refractivity contribution in [3.05, 3.63) is 12.2 Å². The highest BCUT2D eigenvalue weighted by molar-refractivity contribution is 5.42. The molecule has 0 atom stereocenters. The summed E-state index contributed by atoms with van der Waals surface area (Å²) in [4.78, 5) is 8.58. The van der Waals surface area contributed by atoms with E-state index in [2.05, 4.69) is 17.9 Å². The fourth-order valence-corrected chi connectivity index (χ4v) is 0.760. The lowest BCUT2D eigenvalue weighted by atomic mass is 10.1. The van der Waals surface area contributed by atoms with E-state index in [-0.39, 0.29) is 6.41 Å². The summed E-state index contributed by atoms with van der Waals surface area (Å²) >= 11 is 0. The topological polar surface area (TPSA) is 43.1 Å². The van der Waals surface area contributed by atoms with Gasteiger partial charge in [0.1, 0.15) is 0 Å². The Bertz CT molecular complexity index is 80.9. The van der Waals surface area contributed by atoms with Crippen molar-refractivity contribution in [1.29, 1.82) is 0 Å². The van der Waals surface area contributed by atoms with Crippen LogP contribution in [0.15, 0.2) is 12.2 Å². The molecule has 0 aromatic rings. The molecule has 1 aliphatic carbocycles. The Kier molecular flexibility index (Phi) is 6.58. The van der Waals surface area contributed by atoms with Gasteiger partial charge >= 0.3 is 0 Å². The third-order valence-corrected chi connectivity index (χ3v) is 1.16. The number of allylic oxidation sites excluding steroid dienone is 2. The Hall–Kier alpha value is -0.790. The van der Waals surface area contributed by atoms with Gasteiger partial charge in [-0.2, -0.15) is 0 Å². The van der Waals surface area contributed by atoms with Gasteiger partial charge in [-0.3, -0.25) is 4.79 Å². The molecule has 2 N–H and O–H groups in total. The van der Waals surface area contributed by atoms with E-state index in [1.807, 2.05) is 0 Å². The molecule has 0 fully saturated rings. The second-order valence-electron chi connectivity index (χ2n) is 1.89. The van der Waals surface area contributed by atoms with Crippen LogP contribution in [0.5, 0.6) is 0 Å². The van der Waals surface area contributed by atoms with Gasteiger partial charge in [0.25, 0.3) is 0 Å². The Morgan fingerprint density at radius 1 is 1.22 bits per heavy atom. The van der Waals surface area contributed by atoms with E-state index in [9.17, 15) is 0 Å². The fraction of sp³-hybridized carbons (Fsp3) is 0.571. The van der Waals surface area contributed by atoms with E-state index in [0.717, 1.165) is 0 Å². The minimum atomic E-state index is 0.250. The number of nitrogens with two attached hydrogens (primary N) is 1. The van der Waals surface area contributed by atoms with Crippen LogP contribution in [0.25, 0.3) is 0 Å². The van der Waals surface area contributed by atoms with Gasteiger partial charge in [-0.25, -0.2) is 0 Å². The lowest BCUT2D eigenvalue weighted by Gasteiger charge is -1.97. The summed E-state index contributed by atoms with van der Waals surface area (Å²) in [6.45, 7) is 0. The lowest BCUT2D eigenvalue weighted by Crippen LogP contribution is -1.82. The number of primary amides is 1. The largest absolute Gasteiger partial charge is 0.372 e. The van der Waals surface area contributed by atoms with Crippen molar-refractivity contribution in [3.63, 3.8) is 0 Å². The number of hydrogen-bond donors (Lipinski definition) is 1. The summed E-state index contributed by atoms with van der Waals surface area (Å²) in [7, 11) is 0. The highest BCUT2D eigenvalue weighted by Gasteiger charge is 1.87.